The first-order valence-corrected chi connectivity index (χ1v) is 10.4. The number of hydrogen-bond donors (Lipinski definition) is 1. The highest BCUT2D eigenvalue weighted by atomic mass is 16.2. The van der Waals surface area contributed by atoms with E-state index in [1.54, 1.807) is 29.2 Å². The van der Waals surface area contributed by atoms with E-state index < -0.39 is 0 Å². The van der Waals surface area contributed by atoms with Gasteiger partial charge in [0.2, 0.25) is 11.8 Å². The summed E-state index contributed by atoms with van der Waals surface area (Å²) in [6.45, 7) is 8.88. The van der Waals surface area contributed by atoms with Crippen LogP contribution in [0, 0.1) is 0 Å². The fourth-order valence-corrected chi connectivity index (χ4v) is 3.80. The van der Waals surface area contributed by atoms with Gasteiger partial charge in [0.1, 0.15) is 0 Å². The minimum atomic E-state index is -0.287. The van der Waals surface area contributed by atoms with Gasteiger partial charge in [-0.2, -0.15) is 0 Å². The van der Waals surface area contributed by atoms with Gasteiger partial charge in [-0.25, -0.2) is 0 Å². The van der Waals surface area contributed by atoms with E-state index in [-0.39, 0.29) is 42.1 Å². The molecule has 1 aromatic carbocycles. The highest BCUT2D eigenvalue weighted by Gasteiger charge is 2.34. The molecule has 2 aliphatic rings. The Morgan fingerprint density at radius 2 is 1.53 bits per heavy atom. The molecule has 162 valence electrons. The van der Waals surface area contributed by atoms with Crippen LogP contribution in [0.15, 0.2) is 24.3 Å². The molecule has 4 amide bonds. The zero-order chi connectivity index (χ0) is 21.9. The molecule has 2 aliphatic heterocycles. The number of amides is 4. The average molecular weight is 415 g/mol. The molecule has 8 heteroatoms. The first kappa shape index (κ1) is 22.0. The lowest BCUT2D eigenvalue weighted by molar-refractivity contribution is -0.133. The van der Waals surface area contributed by atoms with Crippen LogP contribution in [-0.2, 0) is 9.59 Å². The SMILES string of the molecule is CC(C)(C)NC(=O)CN1CCN(C(=O)CCCN2C(=O)c3ccccc3C2=O)CC1. The van der Waals surface area contributed by atoms with Crippen LogP contribution in [0.3, 0.4) is 0 Å². The van der Waals surface area contributed by atoms with Crippen molar-refractivity contribution in [1.82, 2.24) is 20.0 Å². The summed E-state index contributed by atoms with van der Waals surface area (Å²) < 4.78 is 0. The lowest BCUT2D eigenvalue weighted by atomic mass is 10.1. The second-order valence-electron chi connectivity index (χ2n) is 8.87. The third-order valence-electron chi connectivity index (χ3n) is 5.26. The number of imide groups is 1. The summed E-state index contributed by atoms with van der Waals surface area (Å²) in [7, 11) is 0. The van der Waals surface area contributed by atoms with Crippen molar-refractivity contribution < 1.29 is 19.2 Å². The van der Waals surface area contributed by atoms with E-state index in [0.717, 1.165) is 0 Å². The number of nitrogens with one attached hydrogen (secondary N) is 1. The second kappa shape index (κ2) is 8.95. The number of carbonyl (C=O) groups excluding carboxylic acids is 4. The highest BCUT2D eigenvalue weighted by Crippen LogP contribution is 2.22. The van der Waals surface area contributed by atoms with Crippen LogP contribution in [0.2, 0.25) is 0 Å². The van der Waals surface area contributed by atoms with Crippen molar-refractivity contribution in [2.75, 3.05) is 39.3 Å². The Hall–Kier alpha value is -2.74. The van der Waals surface area contributed by atoms with Gasteiger partial charge in [0.05, 0.1) is 17.7 Å². The molecular weight excluding hydrogens is 384 g/mol. The van der Waals surface area contributed by atoms with Crippen LogP contribution in [0.5, 0.6) is 0 Å². The summed E-state index contributed by atoms with van der Waals surface area (Å²) in [4.78, 5) is 54.4. The number of piperazine rings is 1. The van der Waals surface area contributed by atoms with E-state index in [1.165, 1.54) is 4.90 Å². The van der Waals surface area contributed by atoms with Crippen molar-refractivity contribution in [3.8, 4) is 0 Å². The van der Waals surface area contributed by atoms with Gasteiger partial charge in [-0.15, -0.1) is 0 Å². The molecule has 0 radical (unpaired) electrons. The Morgan fingerprint density at radius 3 is 2.07 bits per heavy atom. The minimum absolute atomic E-state index is 0.0109. The van der Waals surface area contributed by atoms with E-state index in [0.29, 0.717) is 50.3 Å². The standard InChI is InChI=1S/C22H30N4O4/c1-22(2,3)23-18(27)15-24-11-13-25(14-12-24)19(28)9-6-10-26-20(29)16-7-4-5-8-17(16)21(26)30/h4-5,7-8H,6,9-15H2,1-3H3,(H,23,27). The molecule has 3 rings (SSSR count). The van der Waals surface area contributed by atoms with Crippen LogP contribution < -0.4 is 5.32 Å². The summed E-state index contributed by atoms with van der Waals surface area (Å²) in [5, 5.41) is 2.95. The summed E-state index contributed by atoms with van der Waals surface area (Å²) in [6, 6.07) is 6.79. The smallest absolute Gasteiger partial charge is 0.261 e. The summed E-state index contributed by atoms with van der Waals surface area (Å²) >= 11 is 0. The van der Waals surface area contributed by atoms with Crippen molar-refractivity contribution in [2.24, 2.45) is 0 Å². The number of hydrogen-bond acceptors (Lipinski definition) is 5. The largest absolute Gasteiger partial charge is 0.350 e. The normalized spacial score (nSPS) is 17.3. The Bertz CT molecular complexity index is 803. The third-order valence-corrected chi connectivity index (χ3v) is 5.26. The van der Waals surface area contributed by atoms with E-state index in [4.69, 9.17) is 0 Å². The lowest BCUT2D eigenvalue weighted by Gasteiger charge is -2.35. The molecule has 0 aliphatic carbocycles. The molecule has 0 unspecified atom stereocenters. The van der Waals surface area contributed by atoms with Crippen LogP contribution in [0.25, 0.3) is 0 Å². The van der Waals surface area contributed by atoms with Crippen molar-refractivity contribution in [1.29, 1.82) is 0 Å². The van der Waals surface area contributed by atoms with E-state index >= 15 is 0 Å². The maximum Gasteiger partial charge on any atom is 0.261 e. The maximum atomic E-state index is 12.5. The first-order valence-electron chi connectivity index (χ1n) is 10.4. The zero-order valence-corrected chi connectivity index (χ0v) is 17.9. The Balaban J connectivity index is 1.39. The molecule has 8 nitrogen and oxygen atoms in total. The monoisotopic (exact) mass is 414 g/mol. The molecule has 0 spiro atoms. The van der Waals surface area contributed by atoms with Crippen LogP contribution in [0.1, 0.15) is 54.3 Å². The Kier molecular flexibility index (Phi) is 6.55. The molecule has 2 heterocycles. The van der Waals surface area contributed by atoms with Gasteiger partial charge in [-0.3, -0.25) is 29.0 Å². The fourth-order valence-electron chi connectivity index (χ4n) is 3.80. The van der Waals surface area contributed by atoms with Crippen molar-refractivity contribution in [3.63, 3.8) is 0 Å². The molecule has 0 aromatic heterocycles. The van der Waals surface area contributed by atoms with Crippen molar-refractivity contribution >= 4 is 23.6 Å². The predicted octanol–water partition coefficient (Wildman–Crippen LogP) is 1.12. The summed E-state index contributed by atoms with van der Waals surface area (Å²) in [6.07, 6.45) is 0.733. The second-order valence-corrected chi connectivity index (χ2v) is 8.87. The summed E-state index contributed by atoms with van der Waals surface area (Å²) in [5.41, 5.74) is 0.606. The molecule has 1 N–H and O–H groups in total. The molecule has 0 bridgehead atoms. The Morgan fingerprint density at radius 1 is 0.967 bits per heavy atom. The first-order chi connectivity index (χ1) is 14.2. The van der Waals surface area contributed by atoms with Gasteiger partial charge in [0, 0.05) is 44.7 Å². The number of nitrogens with zero attached hydrogens (tertiary/aromatic N) is 3. The topological polar surface area (TPSA) is 90.0 Å². The lowest BCUT2D eigenvalue weighted by Crippen LogP contribution is -2.52. The number of benzene rings is 1. The van der Waals surface area contributed by atoms with E-state index in [1.807, 2.05) is 25.7 Å². The quantitative estimate of drug-likeness (QED) is 0.705. The van der Waals surface area contributed by atoms with Gasteiger partial charge < -0.3 is 10.2 Å². The molecule has 1 aromatic rings. The van der Waals surface area contributed by atoms with Crippen LogP contribution in [-0.4, -0.2) is 83.1 Å². The number of carbonyl (C=O) groups is 4. The molecule has 1 saturated heterocycles. The van der Waals surface area contributed by atoms with E-state index in [2.05, 4.69) is 5.32 Å². The highest BCUT2D eigenvalue weighted by molar-refractivity contribution is 6.21. The predicted molar refractivity (Wildman–Crippen MR) is 112 cm³/mol. The van der Waals surface area contributed by atoms with Gasteiger partial charge in [-0.05, 0) is 39.3 Å². The molecule has 1 fully saturated rings. The molecule has 30 heavy (non-hydrogen) atoms. The van der Waals surface area contributed by atoms with Crippen molar-refractivity contribution in [2.45, 2.75) is 39.2 Å². The molecule has 0 saturated carbocycles. The molecule has 0 atom stereocenters. The van der Waals surface area contributed by atoms with Crippen molar-refractivity contribution in [3.05, 3.63) is 35.4 Å². The zero-order valence-electron chi connectivity index (χ0n) is 17.9. The number of fused-ring (bicyclic) bond motifs is 1. The molecular formula is C22H30N4O4. The van der Waals surface area contributed by atoms with Gasteiger partial charge in [-0.1, -0.05) is 12.1 Å². The fraction of sp³-hybridized carbons (Fsp3) is 0.545. The minimum Gasteiger partial charge on any atom is -0.350 e. The van der Waals surface area contributed by atoms with Gasteiger partial charge in [0.25, 0.3) is 11.8 Å². The average Bonchev–Trinajstić information content (AvgIpc) is 2.92. The number of rotatable bonds is 6. The Labute approximate surface area is 177 Å². The van der Waals surface area contributed by atoms with Crippen LogP contribution >= 0.6 is 0 Å². The van der Waals surface area contributed by atoms with Gasteiger partial charge in [0.15, 0.2) is 0 Å². The maximum absolute atomic E-state index is 12.5. The van der Waals surface area contributed by atoms with E-state index in [9.17, 15) is 19.2 Å². The van der Waals surface area contributed by atoms with Gasteiger partial charge >= 0.3 is 0 Å². The summed E-state index contributed by atoms with van der Waals surface area (Å²) in [5.74, 6) is -0.566. The van der Waals surface area contributed by atoms with Crippen LogP contribution in [0.4, 0.5) is 0 Å². The third kappa shape index (κ3) is 5.24.